The van der Waals surface area contributed by atoms with Crippen LogP contribution in [0.1, 0.15) is 20.3 Å². The Bertz CT molecular complexity index is 450. The number of nitrogens with one attached hydrogen (secondary N) is 1. The second-order valence-corrected chi connectivity index (χ2v) is 4.99. The second kappa shape index (κ2) is 7.42. The minimum atomic E-state index is -1.02. The summed E-state index contributed by atoms with van der Waals surface area (Å²) in [5.41, 5.74) is 0. The summed E-state index contributed by atoms with van der Waals surface area (Å²) < 4.78 is 0. The van der Waals surface area contributed by atoms with Gasteiger partial charge in [0.25, 0.3) is 0 Å². The molecule has 0 aromatic carbocycles. The van der Waals surface area contributed by atoms with E-state index in [1.54, 1.807) is 30.4 Å². The molecular formula is C13H20N4O3. The standard InChI is InChI=1S/C13H20N4O3/c1-9(2)7-10(12(19)20)16-11(18)8-17(3)13-14-5-4-6-15-13/h4-6,9-10H,7-8H2,1-3H3,(H,16,18)(H,19,20)/t10-/m1/s1. The Morgan fingerprint density at radius 1 is 1.35 bits per heavy atom. The molecule has 0 aliphatic carbocycles. The third kappa shape index (κ3) is 5.21. The molecule has 0 saturated heterocycles. The molecule has 1 aromatic rings. The Hall–Kier alpha value is -2.18. The van der Waals surface area contributed by atoms with Gasteiger partial charge in [-0.2, -0.15) is 0 Å². The molecular weight excluding hydrogens is 260 g/mol. The molecule has 1 aromatic heterocycles. The maximum atomic E-state index is 11.9. The van der Waals surface area contributed by atoms with Crippen molar-refractivity contribution in [3.8, 4) is 0 Å². The summed E-state index contributed by atoms with van der Waals surface area (Å²) in [4.78, 5) is 32.5. The predicted molar refractivity (Wildman–Crippen MR) is 74.3 cm³/mol. The number of nitrogens with zero attached hydrogens (tertiary/aromatic N) is 3. The highest BCUT2D eigenvalue weighted by Gasteiger charge is 2.21. The number of carbonyl (C=O) groups is 2. The topological polar surface area (TPSA) is 95.4 Å². The molecule has 0 aliphatic heterocycles. The first kappa shape index (κ1) is 15.9. The number of amides is 1. The number of hydrogen-bond donors (Lipinski definition) is 2. The van der Waals surface area contributed by atoms with Gasteiger partial charge in [-0.05, 0) is 18.4 Å². The molecule has 2 N–H and O–H groups in total. The van der Waals surface area contributed by atoms with Crippen molar-refractivity contribution in [2.24, 2.45) is 5.92 Å². The number of hydrogen-bond acceptors (Lipinski definition) is 5. The van der Waals surface area contributed by atoms with Gasteiger partial charge in [0.15, 0.2) is 0 Å². The normalized spacial score (nSPS) is 12.0. The van der Waals surface area contributed by atoms with Gasteiger partial charge < -0.3 is 15.3 Å². The Morgan fingerprint density at radius 3 is 2.45 bits per heavy atom. The quantitative estimate of drug-likeness (QED) is 0.756. The van der Waals surface area contributed by atoms with Crippen molar-refractivity contribution in [3.63, 3.8) is 0 Å². The van der Waals surface area contributed by atoms with E-state index in [1.165, 1.54) is 0 Å². The fourth-order valence-electron chi connectivity index (χ4n) is 1.71. The molecule has 0 unspecified atom stereocenters. The SMILES string of the molecule is CC(C)C[C@@H](NC(=O)CN(C)c1ncccn1)C(=O)O. The predicted octanol–water partition coefficient (Wildman–Crippen LogP) is 0.528. The number of aromatic nitrogens is 2. The van der Waals surface area contributed by atoms with Crippen LogP contribution in [0.15, 0.2) is 18.5 Å². The number of carbonyl (C=O) groups excluding carboxylic acids is 1. The summed E-state index contributed by atoms with van der Waals surface area (Å²) in [6.45, 7) is 3.82. The maximum Gasteiger partial charge on any atom is 0.326 e. The lowest BCUT2D eigenvalue weighted by molar-refractivity contribution is -0.142. The van der Waals surface area contributed by atoms with Crippen molar-refractivity contribution >= 4 is 17.8 Å². The van der Waals surface area contributed by atoms with Crippen molar-refractivity contribution in [3.05, 3.63) is 18.5 Å². The van der Waals surface area contributed by atoms with Gasteiger partial charge in [-0.1, -0.05) is 13.8 Å². The minimum Gasteiger partial charge on any atom is -0.480 e. The van der Waals surface area contributed by atoms with Gasteiger partial charge in [-0.25, -0.2) is 14.8 Å². The van der Waals surface area contributed by atoms with E-state index >= 15 is 0 Å². The number of carboxylic acid groups (broad SMARTS) is 1. The zero-order valence-electron chi connectivity index (χ0n) is 11.9. The maximum absolute atomic E-state index is 11.9. The molecule has 20 heavy (non-hydrogen) atoms. The average molecular weight is 280 g/mol. The third-order valence-electron chi connectivity index (χ3n) is 2.61. The van der Waals surface area contributed by atoms with Gasteiger partial charge in [-0.15, -0.1) is 0 Å². The van der Waals surface area contributed by atoms with Crippen LogP contribution in [0.2, 0.25) is 0 Å². The summed E-state index contributed by atoms with van der Waals surface area (Å²) in [6.07, 6.45) is 3.55. The Labute approximate surface area is 118 Å². The number of likely N-dealkylation sites (N-methyl/N-ethyl adjacent to an activating group) is 1. The van der Waals surface area contributed by atoms with Crippen LogP contribution >= 0.6 is 0 Å². The Kier molecular flexibility index (Phi) is 5.89. The number of anilines is 1. The van der Waals surface area contributed by atoms with Gasteiger partial charge in [0.1, 0.15) is 6.04 Å². The molecule has 0 bridgehead atoms. The first-order valence-corrected chi connectivity index (χ1v) is 6.40. The molecule has 0 saturated carbocycles. The van der Waals surface area contributed by atoms with E-state index in [-0.39, 0.29) is 18.4 Å². The van der Waals surface area contributed by atoms with Crippen molar-refractivity contribution in [2.75, 3.05) is 18.5 Å². The highest BCUT2D eigenvalue weighted by atomic mass is 16.4. The molecule has 0 fully saturated rings. The van der Waals surface area contributed by atoms with Gasteiger partial charge in [0.2, 0.25) is 11.9 Å². The fourth-order valence-corrected chi connectivity index (χ4v) is 1.71. The average Bonchev–Trinajstić information content (AvgIpc) is 2.38. The minimum absolute atomic E-state index is 0.00584. The summed E-state index contributed by atoms with van der Waals surface area (Å²) in [7, 11) is 1.67. The summed E-state index contributed by atoms with van der Waals surface area (Å²) >= 11 is 0. The van der Waals surface area contributed by atoms with Crippen LogP contribution in [0.5, 0.6) is 0 Å². The van der Waals surface area contributed by atoms with Crippen LogP contribution in [-0.4, -0.2) is 46.6 Å². The summed E-state index contributed by atoms with van der Waals surface area (Å²) in [6, 6.07) is 0.813. The molecule has 110 valence electrons. The lowest BCUT2D eigenvalue weighted by Gasteiger charge is -2.20. The Morgan fingerprint density at radius 2 is 1.95 bits per heavy atom. The lowest BCUT2D eigenvalue weighted by Crippen LogP contribution is -2.45. The van der Waals surface area contributed by atoms with Gasteiger partial charge >= 0.3 is 5.97 Å². The molecule has 0 spiro atoms. The second-order valence-electron chi connectivity index (χ2n) is 4.99. The van der Waals surface area contributed by atoms with E-state index in [2.05, 4.69) is 15.3 Å². The van der Waals surface area contributed by atoms with Crippen LogP contribution in [-0.2, 0) is 9.59 Å². The van der Waals surface area contributed by atoms with Crippen LogP contribution in [0.3, 0.4) is 0 Å². The van der Waals surface area contributed by atoms with E-state index in [9.17, 15) is 9.59 Å². The zero-order valence-corrected chi connectivity index (χ0v) is 11.9. The van der Waals surface area contributed by atoms with E-state index in [1.807, 2.05) is 13.8 Å². The molecule has 0 aliphatic rings. The summed E-state index contributed by atoms with van der Waals surface area (Å²) in [5, 5.41) is 11.6. The van der Waals surface area contributed by atoms with Crippen LogP contribution < -0.4 is 10.2 Å². The molecule has 7 heteroatoms. The van der Waals surface area contributed by atoms with Crippen molar-refractivity contribution in [1.29, 1.82) is 0 Å². The van der Waals surface area contributed by atoms with Crippen LogP contribution in [0, 0.1) is 5.92 Å². The van der Waals surface area contributed by atoms with Crippen LogP contribution in [0.4, 0.5) is 5.95 Å². The highest BCUT2D eigenvalue weighted by molar-refractivity contribution is 5.86. The zero-order chi connectivity index (χ0) is 15.1. The van der Waals surface area contributed by atoms with Gasteiger partial charge in [0, 0.05) is 19.4 Å². The Balaban J connectivity index is 2.55. The molecule has 7 nitrogen and oxygen atoms in total. The highest BCUT2D eigenvalue weighted by Crippen LogP contribution is 2.06. The smallest absolute Gasteiger partial charge is 0.326 e. The number of carboxylic acids is 1. The van der Waals surface area contributed by atoms with Gasteiger partial charge in [0.05, 0.1) is 6.54 Å². The molecule has 1 rings (SSSR count). The lowest BCUT2D eigenvalue weighted by atomic mass is 10.0. The van der Waals surface area contributed by atoms with Crippen molar-refractivity contribution < 1.29 is 14.7 Å². The third-order valence-corrected chi connectivity index (χ3v) is 2.61. The van der Waals surface area contributed by atoms with Gasteiger partial charge in [-0.3, -0.25) is 4.79 Å². The molecule has 1 atom stereocenters. The first-order chi connectivity index (χ1) is 9.40. The van der Waals surface area contributed by atoms with E-state index < -0.39 is 12.0 Å². The molecule has 0 radical (unpaired) electrons. The number of rotatable bonds is 7. The monoisotopic (exact) mass is 280 g/mol. The first-order valence-electron chi connectivity index (χ1n) is 6.40. The van der Waals surface area contributed by atoms with Crippen molar-refractivity contribution in [1.82, 2.24) is 15.3 Å². The molecule has 1 heterocycles. The molecule has 1 amide bonds. The fraction of sp³-hybridized carbons (Fsp3) is 0.538. The van der Waals surface area contributed by atoms with E-state index in [0.717, 1.165) is 0 Å². The van der Waals surface area contributed by atoms with E-state index in [4.69, 9.17) is 5.11 Å². The summed E-state index contributed by atoms with van der Waals surface area (Å²) in [5.74, 6) is -0.788. The van der Waals surface area contributed by atoms with E-state index in [0.29, 0.717) is 12.4 Å². The number of aliphatic carboxylic acids is 1. The largest absolute Gasteiger partial charge is 0.480 e. The van der Waals surface area contributed by atoms with Crippen LogP contribution in [0.25, 0.3) is 0 Å². The van der Waals surface area contributed by atoms with Crippen molar-refractivity contribution in [2.45, 2.75) is 26.3 Å².